The van der Waals surface area contributed by atoms with Crippen molar-refractivity contribution in [3.63, 3.8) is 0 Å². The first-order valence-corrected chi connectivity index (χ1v) is 7.38. The third-order valence-electron chi connectivity index (χ3n) is 3.90. The number of benzene rings is 1. The molecule has 0 aliphatic heterocycles. The maximum Gasteiger partial charge on any atom is 0.340 e. The van der Waals surface area contributed by atoms with Crippen LogP contribution < -0.4 is 0 Å². The number of esters is 1. The number of fused-ring (bicyclic) bond motifs is 1. The van der Waals surface area contributed by atoms with Gasteiger partial charge in [-0.15, -0.1) is 0 Å². The van der Waals surface area contributed by atoms with Crippen molar-refractivity contribution in [1.82, 2.24) is 9.55 Å². The van der Waals surface area contributed by atoms with E-state index in [-0.39, 0.29) is 12.4 Å². The summed E-state index contributed by atoms with van der Waals surface area (Å²) in [6.07, 6.45) is 1.73. The smallest absolute Gasteiger partial charge is 0.340 e. The molecule has 2 heterocycles. The fraction of sp³-hybridized carbons (Fsp3) is 0.222. The van der Waals surface area contributed by atoms with E-state index in [0.717, 1.165) is 22.3 Å². The van der Waals surface area contributed by atoms with Crippen LogP contribution in [0.1, 0.15) is 32.1 Å². The van der Waals surface area contributed by atoms with Crippen LogP contribution in [-0.2, 0) is 11.8 Å². The second-order valence-electron chi connectivity index (χ2n) is 5.66. The van der Waals surface area contributed by atoms with Gasteiger partial charge in [-0.1, -0.05) is 18.2 Å². The van der Waals surface area contributed by atoms with Gasteiger partial charge in [0, 0.05) is 41.1 Å². The first-order valence-electron chi connectivity index (χ1n) is 7.38. The Hall–Kier alpha value is -2.82. The SMILES string of the molecule is Cc1cc(C(=O)COC(=O)c2cn(C)c3ccccc23)c(C)[nH]1. The van der Waals surface area contributed by atoms with Crippen LogP contribution in [-0.4, -0.2) is 27.9 Å². The summed E-state index contributed by atoms with van der Waals surface area (Å²) < 4.78 is 7.08. The van der Waals surface area contributed by atoms with E-state index in [1.165, 1.54) is 0 Å². The zero-order chi connectivity index (χ0) is 16.6. The molecule has 0 spiro atoms. The Morgan fingerprint density at radius 2 is 1.91 bits per heavy atom. The van der Waals surface area contributed by atoms with Crippen molar-refractivity contribution < 1.29 is 14.3 Å². The van der Waals surface area contributed by atoms with Gasteiger partial charge in [0.1, 0.15) is 0 Å². The van der Waals surface area contributed by atoms with E-state index >= 15 is 0 Å². The highest BCUT2D eigenvalue weighted by Gasteiger charge is 2.18. The van der Waals surface area contributed by atoms with E-state index in [0.29, 0.717) is 11.1 Å². The molecule has 0 saturated heterocycles. The lowest BCUT2D eigenvalue weighted by atomic mass is 10.1. The molecule has 118 valence electrons. The molecule has 0 unspecified atom stereocenters. The Morgan fingerprint density at radius 1 is 1.17 bits per heavy atom. The second kappa shape index (κ2) is 5.76. The van der Waals surface area contributed by atoms with Gasteiger partial charge in [0.2, 0.25) is 5.78 Å². The van der Waals surface area contributed by atoms with Crippen LogP contribution in [0.4, 0.5) is 0 Å². The number of nitrogens with one attached hydrogen (secondary N) is 1. The molecule has 0 atom stereocenters. The highest BCUT2D eigenvalue weighted by molar-refractivity contribution is 6.06. The van der Waals surface area contributed by atoms with Crippen LogP contribution in [0.5, 0.6) is 0 Å². The number of aromatic amines is 1. The Bertz CT molecular complexity index is 902. The summed E-state index contributed by atoms with van der Waals surface area (Å²) in [6.45, 7) is 3.44. The van der Waals surface area contributed by atoms with Crippen molar-refractivity contribution in [1.29, 1.82) is 0 Å². The lowest BCUT2D eigenvalue weighted by Gasteiger charge is -2.03. The Morgan fingerprint density at radius 3 is 2.61 bits per heavy atom. The lowest BCUT2D eigenvalue weighted by molar-refractivity contribution is 0.0476. The summed E-state index contributed by atoms with van der Waals surface area (Å²) in [5.74, 6) is -0.694. The third-order valence-corrected chi connectivity index (χ3v) is 3.90. The second-order valence-corrected chi connectivity index (χ2v) is 5.66. The number of ketones is 1. The number of rotatable bonds is 4. The van der Waals surface area contributed by atoms with Crippen molar-refractivity contribution in [3.05, 3.63) is 59.0 Å². The molecule has 5 nitrogen and oxygen atoms in total. The number of para-hydroxylation sites is 1. The molecule has 3 rings (SSSR count). The van der Waals surface area contributed by atoms with Crippen LogP contribution in [0.3, 0.4) is 0 Å². The van der Waals surface area contributed by atoms with Crippen molar-refractivity contribution in [3.8, 4) is 0 Å². The molecule has 3 aromatic rings. The molecule has 1 N–H and O–H groups in total. The average Bonchev–Trinajstić information content (AvgIpc) is 3.05. The minimum absolute atomic E-state index is 0.208. The normalized spacial score (nSPS) is 10.9. The Labute approximate surface area is 133 Å². The minimum Gasteiger partial charge on any atom is -0.454 e. The lowest BCUT2D eigenvalue weighted by Crippen LogP contribution is -2.14. The number of hydrogen-bond donors (Lipinski definition) is 1. The zero-order valence-corrected chi connectivity index (χ0v) is 13.3. The molecule has 1 aromatic carbocycles. The number of nitrogens with zero attached hydrogens (tertiary/aromatic N) is 1. The van der Waals surface area contributed by atoms with E-state index in [2.05, 4.69) is 4.98 Å². The molecule has 5 heteroatoms. The summed E-state index contributed by atoms with van der Waals surface area (Å²) in [7, 11) is 1.87. The molecule has 2 aromatic heterocycles. The molecular weight excluding hydrogens is 292 g/mol. The Kier molecular flexibility index (Phi) is 3.78. The zero-order valence-electron chi connectivity index (χ0n) is 13.3. The van der Waals surface area contributed by atoms with E-state index in [9.17, 15) is 9.59 Å². The molecule has 23 heavy (non-hydrogen) atoms. The fourth-order valence-corrected chi connectivity index (χ4v) is 2.80. The minimum atomic E-state index is -0.486. The van der Waals surface area contributed by atoms with Crippen LogP contribution in [0.2, 0.25) is 0 Å². The van der Waals surface area contributed by atoms with Gasteiger partial charge in [0.15, 0.2) is 6.61 Å². The summed E-state index contributed by atoms with van der Waals surface area (Å²) in [6, 6.07) is 9.36. The van der Waals surface area contributed by atoms with Crippen molar-refractivity contribution in [2.24, 2.45) is 7.05 Å². The molecule has 0 fully saturated rings. The quantitative estimate of drug-likeness (QED) is 0.594. The monoisotopic (exact) mass is 310 g/mol. The summed E-state index contributed by atoms with van der Waals surface area (Å²) >= 11 is 0. The maximum atomic E-state index is 12.3. The predicted molar refractivity (Wildman–Crippen MR) is 87.8 cm³/mol. The summed E-state index contributed by atoms with van der Waals surface area (Å²) in [5.41, 5.74) is 3.67. The highest BCUT2D eigenvalue weighted by atomic mass is 16.5. The van der Waals surface area contributed by atoms with E-state index in [1.807, 2.05) is 49.7 Å². The van der Waals surface area contributed by atoms with Gasteiger partial charge in [-0.2, -0.15) is 0 Å². The van der Waals surface area contributed by atoms with Gasteiger partial charge in [-0.3, -0.25) is 4.79 Å². The van der Waals surface area contributed by atoms with E-state index in [4.69, 9.17) is 4.74 Å². The van der Waals surface area contributed by atoms with Gasteiger partial charge in [0.05, 0.1) is 5.56 Å². The summed E-state index contributed by atoms with van der Waals surface area (Å²) in [4.78, 5) is 27.6. The number of carbonyl (C=O) groups is 2. The molecule has 0 bridgehead atoms. The molecule has 0 saturated carbocycles. The number of hydrogen-bond acceptors (Lipinski definition) is 3. The third kappa shape index (κ3) is 2.77. The van der Waals surface area contributed by atoms with Gasteiger partial charge < -0.3 is 14.3 Å². The van der Waals surface area contributed by atoms with Crippen molar-refractivity contribution in [2.75, 3.05) is 6.61 Å². The average molecular weight is 310 g/mol. The van der Waals surface area contributed by atoms with Gasteiger partial charge in [-0.05, 0) is 26.0 Å². The van der Waals surface area contributed by atoms with Crippen molar-refractivity contribution in [2.45, 2.75) is 13.8 Å². The van der Waals surface area contributed by atoms with Crippen LogP contribution in [0, 0.1) is 13.8 Å². The number of Topliss-reactive ketones (excluding diaryl/α,β-unsaturated/α-hetero) is 1. The number of carbonyl (C=O) groups excluding carboxylic acids is 2. The Balaban J connectivity index is 1.76. The van der Waals surface area contributed by atoms with E-state index in [1.54, 1.807) is 12.3 Å². The van der Waals surface area contributed by atoms with Crippen LogP contribution >= 0.6 is 0 Å². The molecule has 0 amide bonds. The topological polar surface area (TPSA) is 64.1 Å². The van der Waals surface area contributed by atoms with Crippen molar-refractivity contribution >= 4 is 22.7 Å². The standard InChI is InChI=1S/C18H18N2O3/c1-11-8-14(12(2)19-11)17(21)10-23-18(22)15-9-20(3)16-7-5-4-6-13(15)16/h4-9,19H,10H2,1-3H3. The fourth-order valence-electron chi connectivity index (χ4n) is 2.80. The summed E-state index contributed by atoms with van der Waals surface area (Å²) in [5, 5.41) is 0.820. The number of H-pyrrole nitrogens is 1. The van der Waals surface area contributed by atoms with Crippen LogP contribution in [0.15, 0.2) is 36.5 Å². The molecule has 0 radical (unpaired) electrons. The molecular formula is C18H18N2O3. The first kappa shape index (κ1) is 15.1. The predicted octanol–water partition coefficient (Wildman–Crippen LogP) is 3.16. The van der Waals surface area contributed by atoms with Gasteiger partial charge >= 0.3 is 5.97 Å². The molecule has 0 aliphatic rings. The largest absolute Gasteiger partial charge is 0.454 e. The number of aryl methyl sites for hydroxylation is 3. The van der Waals surface area contributed by atoms with Gasteiger partial charge in [0.25, 0.3) is 0 Å². The van der Waals surface area contributed by atoms with Crippen LogP contribution in [0.25, 0.3) is 10.9 Å². The molecule has 0 aliphatic carbocycles. The first-order chi connectivity index (χ1) is 11.0. The highest BCUT2D eigenvalue weighted by Crippen LogP contribution is 2.21. The van der Waals surface area contributed by atoms with E-state index < -0.39 is 5.97 Å². The maximum absolute atomic E-state index is 12.3. The number of ether oxygens (including phenoxy) is 1. The number of aromatic nitrogens is 2. The van der Waals surface area contributed by atoms with Gasteiger partial charge in [-0.25, -0.2) is 4.79 Å².